The average Bonchev–Trinajstić information content (AvgIpc) is 2.36. The molecule has 0 aromatic rings. The summed E-state index contributed by atoms with van der Waals surface area (Å²) in [4.78, 5) is 22.7. The minimum Gasteiger partial charge on any atom is -0.466 e. The Morgan fingerprint density at radius 1 is 1.00 bits per heavy atom. The number of unbranched alkanes of at least 4 members (excludes halogenated alkanes) is 2. The third-order valence-electron chi connectivity index (χ3n) is 2.47. The monoisotopic (exact) mass is 331 g/mol. The van der Waals surface area contributed by atoms with Gasteiger partial charge in [0.1, 0.15) is 6.04 Å². The fourth-order valence-electron chi connectivity index (χ4n) is 1.22. The number of halogens is 2. The van der Waals surface area contributed by atoms with Crippen molar-refractivity contribution in [2.45, 2.75) is 58.4 Å². The molecule has 2 N–H and O–H groups in total. The van der Waals surface area contributed by atoms with Gasteiger partial charge in [-0.05, 0) is 19.3 Å². The Bertz CT molecular complexity index is 253. The molecular weight excluding hydrogens is 305 g/mol. The van der Waals surface area contributed by atoms with E-state index >= 15 is 0 Å². The molecule has 0 aliphatic rings. The van der Waals surface area contributed by atoms with Crippen molar-refractivity contribution in [3.63, 3.8) is 0 Å². The summed E-state index contributed by atoms with van der Waals surface area (Å²) in [5, 5.41) is 0. The Balaban J connectivity index is -0.00000144. The molecule has 0 saturated carbocycles. The smallest absolute Gasteiger partial charge is 0.322 e. The van der Waals surface area contributed by atoms with Crippen molar-refractivity contribution >= 4 is 36.8 Å². The lowest BCUT2D eigenvalue weighted by atomic mass is 10.2. The van der Waals surface area contributed by atoms with Crippen LogP contribution in [0.3, 0.4) is 0 Å². The maximum absolute atomic E-state index is 11.4. The molecule has 7 heteroatoms. The van der Waals surface area contributed by atoms with Crippen LogP contribution in [0.2, 0.25) is 0 Å². The van der Waals surface area contributed by atoms with E-state index in [0.717, 1.165) is 25.7 Å². The number of esters is 2. The summed E-state index contributed by atoms with van der Waals surface area (Å²) in [5.74, 6) is -0.745. The third kappa shape index (κ3) is 13.9. The molecule has 0 aliphatic heterocycles. The summed E-state index contributed by atoms with van der Waals surface area (Å²) in [6.45, 7) is 4.87. The van der Waals surface area contributed by atoms with Crippen LogP contribution in [0.4, 0.5) is 0 Å². The Kier molecular flexibility index (Phi) is 20.3. The summed E-state index contributed by atoms with van der Waals surface area (Å²) in [7, 11) is 0. The molecule has 20 heavy (non-hydrogen) atoms. The molecule has 5 nitrogen and oxygen atoms in total. The first-order valence-corrected chi connectivity index (χ1v) is 6.69. The Morgan fingerprint density at radius 2 is 1.50 bits per heavy atom. The normalized spacial score (nSPS) is 10.8. The molecule has 0 fully saturated rings. The van der Waals surface area contributed by atoms with E-state index in [-0.39, 0.29) is 43.6 Å². The van der Waals surface area contributed by atoms with Crippen molar-refractivity contribution in [2.24, 2.45) is 5.73 Å². The summed E-state index contributed by atoms with van der Waals surface area (Å²) < 4.78 is 9.92. The van der Waals surface area contributed by atoms with Gasteiger partial charge in [0.15, 0.2) is 0 Å². The minimum absolute atomic E-state index is 0. The van der Waals surface area contributed by atoms with E-state index in [1.54, 1.807) is 0 Å². The first-order valence-electron chi connectivity index (χ1n) is 6.69. The number of nitrogens with two attached hydrogens (primary N) is 1. The molecule has 0 amide bonds. The van der Waals surface area contributed by atoms with Gasteiger partial charge < -0.3 is 15.2 Å². The van der Waals surface area contributed by atoms with Crippen LogP contribution in [0.25, 0.3) is 0 Å². The number of carbonyl (C=O) groups excluding carboxylic acids is 2. The quantitative estimate of drug-likeness (QED) is 0.491. The molecule has 0 aromatic heterocycles. The van der Waals surface area contributed by atoms with Gasteiger partial charge in [0.2, 0.25) is 0 Å². The zero-order valence-electron chi connectivity index (χ0n) is 12.3. The van der Waals surface area contributed by atoms with Gasteiger partial charge in [-0.25, -0.2) is 0 Å². The topological polar surface area (TPSA) is 78.6 Å². The lowest BCUT2D eigenvalue weighted by molar-refractivity contribution is -0.146. The molecule has 0 radical (unpaired) electrons. The molecule has 122 valence electrons. The van der Waals surface area contributed by atoms with Crippen molar-refractivity contribution in [3.8, 4) is 0 Å². The van der Waals surface area contributed by atoms with Crippen LogP contribution in [-0.2, 0) is 19.1 Å². The lowest BCUT2D eigenvalue weighted by Gasteiger charge is -2.11. The number of carbonyl (C=O) groups is 2. The fourth-order valence-corrected chi connectivity index (χ4v) is 1.22. The van der Waals surface area contributed by atoms with Crippen molar-refractivity contribution in [1.82, 2.24) is 0 Å². The molecule has 0 spiro atoms. The van der Waals surface area contributed by atoms with Crippen molar-refractivity contribution in [1.29, 1.82) is 0 Å². The zero-order chi connectivity index (χ0) is 13.8. The predicted molar refractivity (Wildman–Crippen MR) is 83.4 cm³/mol. The minimum atomic E-state index is -0.736. The van der Waals surface area contributed by atoms with Crippen LogP contribution in [0, 0.1) is 0 Å². The average molecular weight is 332 g/mol. The summed E-state index contributed by atoms with van der Waals surface area (Å²) in [6, 6.07) is -0.736. The third-order valence-corrected chi connectivity index (χ3v) is 2.47. The van der Waals surface area contributed by atoms with E-state index in [4.69, 9.17) is 15.2 Å². The number of hydrogen-bond acceptors (Lipinski definition) is 5. The van der Waals surface area contributed by atoms with Gasteiger partial charge in [0, 0.05) is 6.42 Å². The Labute approximate surface area is 133 Å². The van der Waals surface area contributed by atoms with Gasteiger partial charge in [-0.3, -0.25) is 9.59 Å². The first-order chi connectivity index (χ1) is 8.61. The van der Waals surface area contributed by atoms with Gasteiger partial charge in [-0.2, -0.15) is 0 Å². The van der Waals surface area contributed by atoms with Crippen LogP contribution >= 0.6 is 24.8 Å². The highest BCUT2D eigenvalue weighted by Gasteiger charge is 2.16. The Morgan fingerprint density at radius 3 is 2.00 bits per heavy atom. The summed E-state index contributed by atoms with van der Waals surface area (Å²) >= 11 is 0. The molecule has 0 bridgehead atoms. The van der Waals surface area contributed by atoms with Gasteiger partial charge in [0.25, 0.3) is 0 Å². The molecule has 0 aliphatic carbocycles. The summed E-state index contributed by atoms with van der Waals surface area (Å²) in [5.41, 5.74) is 5.62. The molecular formula is C13H27Cl2NO4. The van der Waals surface area contributed by atoms with Gasteiger partial charge >= 0.3 is 11.9 Å². The standard InChI is InChI=1S/C13H25NO4.2ClH/c1-3-5-9-17-12(15)8-7-11(14)13(16)18-10-6-4-2;;/h11H,3-10,14H2,1-2H3;2*1H/t11-;;/m0../s1. The zero-order valence-corrected chi connectivity index (χ0v) is 13.9. The van der Waals surface area contributed by atoms with Crippen LogP contribution in [-0.4, -0.2) is 31.2 Å². The Hall–Kier alpha value is -0.520. The highest BCUT2D eigenvalue weighted by atomic mass is 35.5. The van der Waals surface area contributed by atoms with E-state index in [1.165, 1.54) is 0 Å². The largest absolute Gasteiger partial charge is 0.466 e. The van der Waals surface area contributed by atoms with E-state index in [0.29, 0.717) is 13.2 Å². The number of rotatable bonds is 10. The van der Waals surface area contributed by atoms with Crippen LogP contribution in [0.5, 0.6) is 0 Å². The second kappa shape index (κ2) is 16.5. The maximum atomic E-state index is 11.4. The van der Waals surface area contributed by atoms with Crippen LogP contribution in [0.1, 0.15) is 52.4 Å². The highest BCUT2D eigenvalue weighted by molar-refractivity contribution is 5.85. The second-order valence-corrected chi connectivity index (χ2v) is 4.24. The van der Waals surface area contributed by atoms with E-state index in [2.05, 4.69) is 0 Å². The highest BCUT2D eigenvalue weighted by Crippen LogP contribution is 2.01. The lowest BCUT2D eigenvalue weighted by Crippen LogP contribution is -2.33. The van der Waals surface area contributed by atoms with E-state index < -0.39 is 12.0 Å². The molecule has 0 rings (SSSR count). The first kappa shape index (κ1) is 24.5. The molecule has 0 aromatic carbocycles. The van der Waals surface area contributed by atoms with Gasteiger partial charge in [0.05, 0.1) is 13.2 Å². The van der Waals surface area contributed by atoms with Crippen LogP contribution < -0.4 is 5.73 Å². The van der Waals surface area contributed by atoms with Crippen LogP contribution in [0.15, 0.2) is 0 Å². The van der Waals surface area contributed by atoms with Gasteiger partial charge in [-0.15, -0.1) is 24.8 Å². The van der Waals surface area contributed by atoms with Crippen molar-refractivity contribution in [2.75, 3.05) is 13.2 Å². The fraction of sp³-hybridized carbons (Fsp3) is 0.846. The van der Waals surface area contributed by atoms with Crippen molar-refractivity contribution < 1.29 is 19.1 Å². The number of ether oxygens (including phenoxy) is 2. The predicted octanol–water partition coefficient (Wildman–Crippen LogP) is 2.62. The van der Waals surface area contributed by atoms with E-state index in [1.807, 2.05) is 13.8 Å². The van der Waals surface area contributed by atoms with Crippen molar-refractivity contribution in [3.05, 3.63) is 0 Å². The SMILES string of the molecule is CCCCOC(=O)CC[C@H](N)C(=O)OCCCC.Cl.Cl. The van der Waals surface area contributed by atoms with Gasteiger partial charge in [-0.1, -0.05) is 26.7 Å². The molecule has 0 saturated heterocycles. The number of hydrogen-bond donors (Lipinski definition) is 1. The maximum Gasteiger partial charge on any atom is 0.322 e. The molecule has 0 unspecified atom stereocenters. The summed E-state index contributed by atoms with van der Waals surface area (Å²) in [6.07, 6.45) is 4.07. The van der Waals surface area contributed by atoms with E-state index in [9.17, 15) is 9.59 Å². The molecule has 0 heterocycles. The molecule has 1 atom stereocenters. The second-order valence-electron chi connectivity index (χ2n) is 4.24.